The molecule has 0 aliphatic carbocycles. The Balaban J connectivity index is 1.97. The summed E-state index contributed by atoms with van der Waals surface area (Å²) in [5.41, 5.74) is 1.73. The average molecular weight is 300 g/mol. The number of ether oxygens (including phenoxy) is 1. The first-order valence-electron chi connectivity index (χ1n) is 6.54. The minimum Gasteiger partial charge on any atom is -0.381 e. The van der Waals surface area contributed by atoms with Crippen LogP contribution in [0, 0.1) is 4.77 Å². The van der Waals surface area contributed by atoms with Gasteiger partial charge in [-0.05, 0) is 31.1 Å². The highest BCUT2D eigenvalue weighted by molar-refractivity contribution is 7.71. The molecule has 19 heavy (non-hydrogen) atoms. The smallest absolute Gasteiger partial charge is 0.179 e. The monoisotopic (exact) mass is 299 g/mol. The first-order valence-corrected chi connectivity index (χ1v) is 7.33. The van der Waals surface area contributed by atoms with Crippen molar-refractivity contribution in [3.05, 3.63) is 22.1 Å². The van der Waals surface area contributed by atoms with Crippen molar-refractivity contribution in [2.24, 2.45) is 0 Å². The predicted octanol–water partition coefficient (Wildman–Crippen LogP) is 3.95. The quantitative estimate of drug-likeness (QED) is 0.622. The lowest BCUT2D eigenvalue weighted by atomic mass is 10.3. The number of pyridine rings is 1. The topological polar surface area (TPSA) is 42.8 Å². The molecule has 2 heterocycles. The van der Waals surface area contributed by atoms with E-state index in [2.05, 4.69) is 16.9 Å². The Kier molecular flexibility index (Phi) is 5.36. The minimum atomic E-state index is 0.610. The van der Waals surface area contributed by atoms with Gasteiger partial charge in [0.2, 0.25) is 0 Å². The van der Waals surface area contributed by atoms with Crippen LogP contribution in [0.15, 0.2) is 12.3 Å². The highest BCUT2D eigenvalue weighted by Crippen LogP contribution is 2.16. The van der Waals surface area contributed by atoms with Crippen LogP contribution in [-0.2, 0) is 11.3 Å². The number of rotatable bonds is 7. The lowest BCUT2D eigenvalue weighted by Crippen LogP contribution is -2.04. The van der Waals surface area contributed by atoms with E-state index in [1.807, 2.05) is 10.6 Å². The molecule has 0 aliphatic rings. The molecule has 0 fully saturated rings. The van der Waals surface area contributed by atoms with E-state index in [9.17, 15) is 0 Å². The van der Waals surface area contributed by atoms with Crippen LogP contribution < -0.4 is 0 Å². The normalized spacial score (nSPS) is 11.3. The van der Waals surface area contributed by atoms with Gasteiger partial charge in [-0.1, -0.05) is 24.9 Å². The predicted molar refractivity (Wildman–Crippen MR) is 80.3 cm³/mol. The Morgan fingerprint density at radius 3 is 3.00 bits per heavy atom. The van der Waals surface area contributed by atoms with Crippen molar-refractivity contribution in [2.45, 2.75) is 32.7 Å². The second-order valence-corrected chi connectivity index (χ2v) is 5.25. The highest BCUT2D eigenvalue weighted by atomic mass is 35.5. The minimum absolute atomic E-state index is 0.610. The molecule has 2 rings (SSSR count). The number of H-pyrrole nitrogens is 1. The molecule has 1 N–H and O–H groups in total. The Bertz CT molecular complexity index is 593. The fourth-order valence-electron chi connectivity index (χ4n) is 1.90. The van der Waals surface area contributed by atoms with Crippen molar-refractivity contribution < 1.29 is 4.74 Å². The molecule has 0 unspecified atom stereocenters. The van der Waals surface area contributed by atoms with Crippen LogP contribution in [0.3, 0.4) is 0 Å². The second-order valence-electron chi connectivity index (χ2n) is 4.43. The summed E-state index contributed by atoms with van der Waals surface area (Å²) in [7, 11) is 0. The van der Waals surface area contributed by atoms with E-state index in [0.29, 0.717) is 9.79 Å². The van der Waals surface area contributed by atoms with Gasteiger partial charge in [0.1, 0.15) is 0 Å². The van der Waals surface area contributed by atoms with Gasteiger partial charge in [0.15, 0.2) is 10.4 Å². The zero-order valence-electron chi connectivity index (χ0n) is 11.0. The van der Waals surface area contributed by atoms with Crippen LogP contribution in [0.25, 0.3) is 11.2 Å². The molecule has 0 aromatic carbocycles. The number of aryl methyl sites for hydroxylation is 1. The number of nitrogens with zero attached hydrogens (tertiary/aromatic N) is 2. The third kappa shape index (κ3) is 3.78. The zero-order valence-corrected chi connectivity index (χ0v) is 12.6. The molecule has 0 saturated heterocycles. The van der Waals surface area contributed by atoms with Crippen molar-refractivity contribution >= 4 is 35.0 Å². The summed E-state index contributed by atoms with van der Waals surface area (Å²) in [6, 6.07) is 1.84. The molecule has 0 bridgehead atoms. The van der Waals surface area contributed by atoms with Crippen LogP contribution in [0.1, 0.15) is 26.2 Å². The van der Waals surface area contributed by atoms with Gasteiger partial charge in [-0.15, -0.1) is 0 Å². The Hall–Kier alpha value is -0.910. The van der Waals surface area contributed by atoms with Crippen LogP contribution in [0.5, 0.6) is 0 Å². The van der Waals surface area contributed by atoms with Gasteiger partial charge in [-0.25, -0.2) is 4.98 Å². The number of nitrogens with one attached hydrogen (secondary N) is 1. The molecule has 0 aliphatic heterocycles. The van der Waals surface area contributed by atoms with E-state index in [0.717, 1.165) is 50.2 Å². The summed E-state index contributed by atoms with van der Waals surface area (Å²) >= 11 is 11.2. The molecule has 4 nitrogen and oxygen atoms in total. The molecular formula is C13H18ClN3OS. The van der Waals surface area contributed by atoms with Gasteiger partial charge in [-0.2, -0.15) is 0 Å². The summed E-state index contributed by atoms with van der Waals surface area (Å²) in [6.45, 7) is 4.55. The van der Waals surface area contributed by atoms with Gasteiger partial charge in [0.05, 0.1) is 10.5 Å². The lowest BCUT2D eigenvalue weighted by Gasteiger charge is -2.05. The Morgan fingerprint density at radius 1 is 1.42 bits per heavy atom. The number of aromatic amines is 1. The molecular weight excluding hydrogens is 282 g/mol. The SMILES string of the molecule is CCCCOCCCn1c(=S)[nH]c2cc(Cl)cnc21. The number of aromatic nitrogens is 3. The van der Waals surface area contributed by atoms with Crippen molar-refractivity contribution in [3.63, 3.8) is 0 Å². The standard InChI is InChI=1S/C13H18ClN3OS/c1-2-3-6-18-7-4-5-17-12-11(16-13(17)19)8-10(14)9-15-12/h8-9H,2-7H2,1H3,(H,16,19). The third-order valence-electron chi connectivity index (χ3n) is 2.89. The Labute approximate surface area is 122 Å². The first-order chi connectivity index (χ1) is 9.22. The number of unbranched alkanes of at least 4 members (excludes halogenated alkanes) is 1. The maximum absolute atomic E-state index is 5.91. The van der Waals surface area contributed by atoms with Crippen LogP contribution >= 0.6 is 23.8 Å². The van der Waals surface area contributed by atoms with Crippen LogP contribution in [0.2, 0.25) is 5.02 Å². The van der Waals surface area contributed by atoms with Crippen molar-refractivity contribution in [2.75, 3.05) is 13.2 Å². The fraction of sp³-hybridized carbons (Fsp3) is 0.538. The molecule has 2 aromatic rings. The number of hydrogen-bond donors (Lipinski definition) is 1. The molecule has 2 aromatic heterocycles. The summed E-state index contributed by atoms with van der Waals surface area (Å²) in [5, 5.41) is 0.610. The van der Waals surface area contributed by atoms with E-state index in [-0.39, 0.29) is 0 Å². The van der Waals surface area contributed by atoms with Gasteiger partial charge in [-0.3, -0.25) is 0 Å². The third-order valence-corrected chi connectivity index (χ3v) is 3.42. The van der Waals surface area contributed by atoms with Gasteiger partial charge < -0.3 is 14.3 Å². The summed E-state index contributed by atoms with van der Waals surface area (Å²) in [4.78, 5) is 7.44. The molecule has 6 heteroatoms. The fourth-order valence-corrected chi connectivity index (χ4v) is 2.34. The Morgan fingerprint density at radius 2 is 2.21 bits per heavy atom. The van der Waals surface area contributed by atoms with Gasteiger partial charge >= 0.3 is 0 Å². The molecule has 0 saturated carbocycles. The summed E-state index contributed by atoms with van der Waals surface area (Å²) < 4.78 is 8.21. The highest BCUT2D eigenvalue weighted by Gasteiger charge is 2.05. The van der Waals surface area contributed by atoms with Crippen molar-refractivity contribution in [1.82, 2.24) is 14.5 Å². The van der Waals surface area contributed by atoms with Crippen molar-refractivity contribution in [3.8, 4) is 0 Å². The van der Waals surface area contributed by atoms with Gasteiger partial charge in [0.25, 0.3) is 0 Å². The van der Waals surface area contributed by atoms with Crippen LogP contribution in [-0.4, -0.2) is 27.7 Å². The lowest BCUT2D eigenvalue weighted by molar-refractivity contribution is 0.126. The number of hydrogen-bond acceptors (Lipinski definition) is 3. The molecule has 0 amide bonds. The second kappa shape index (κ2) is 7.03. The van der Waals surface area contributed by atoms with E-state index < -0.39 is 0 Å². The summed E-state index contributed by atoms with van der Waals surface area (Å²) in [6.07, 6.45) is 4.85. The maximum atomic E-state index is 5.91. The molecule has 104 valence electrons. The van der Waals surface area contributed by atoms with Gasteiger partial charge in [0, 0.05) is 26.0 Å². The summed E-state index contributed by atoms with van der Waals surface area (Å²) in [5.74, 6) is 0. The molecule has 0 radical (unpaired) electrons. The first kappa shape index (κ1) is 14.5. The maximum Gasteiger partial charge on any atom is 0.179 e. The van der Waals surface area contributed by atoms with Crippen molar-refractivity contribution in [1.29, 1.82) is 0 Å². The largest absolute Gasteiger partial charge is 0.381 e. The number of fused-ring (bicyclic) bond motifs is 1. The molecule has 0 spiro atoms. The number of imidazole rings is 1. The average Bonchev–Trinajstić information content (AvgIpc) is 2.69. The zero-order chi connectivity index (χ0) is 13.7. The van der Waals surface area contributed by atoms with E-state index in [4.69, 9.17) is 28.6 Å². The number of halogens is 1. The molecule has 0 atom stereocenters. The van der Waals surface area contributed by atoms with Crippen LogP contribution in [0.4, 0.5) is 0 Å². The van der Waals surface area contributed by atoms with E-state index in [1.54, 1.807) is 6.20 Å². The van der Waals surface area contributed by atoms with E-state index >= 15 is 0 Å². The van der Waals surface area contributed by atoms with E-state index in [1.165, 1.54) is 0 Å².